The zero-order valence-corrected chi connectivity index (χ0v) is 14.0. The summed E-state index contributed by atoms with van der Waals surface area (Å²) < 4.78 is 18.1. The Morgan fingerprint density at radius 2 is 1.63 bits per heavy atom. The fraction of sp³-hybridized carbons (Fsp3) is 1.00. The van der Waals surface area contributed by atoms with Crippen LogP contribution in [0.3, 0.4) is 0 Å². The molecule has 0 radical (unpaired) electrons. The minimum atomic E-state index is -2.55. The quantitative estimate of drug-likeness (QED) is 0.402. The maximum atomic E-state index is 6.17. The highest BCUT2D eigenvalue weighted by Crippen LogP contribution is 2.19. The summed E-state index contributed by atoms with van der Waals surface area (Å²) in [6, 6.07) is 0.799. The summed E-state index contributed by atoms with van der Waals surface area (Å²) in [6.45, 7) is 11.1. The molecular weight excluding hydrogens is 260 g/mol. The molecule has 0 aromatic heterocycles. The highest BCUT2D eigenvalue weighted by molar-refractivity contribution is 6.60. The van der Waals surface area contributed by atoms with Crippen LogP contribution < -0.4 is 11.1 Å². The van der Waals surface area contributed by atoms with Crippen molar-refractivity contribution >= 4 is 8.80 Å². The van der Waals surface area contributed by atoms with Crippen LogP contribution in [0.2, 0.25) is 6.04 Å². The van der Waals surface area contributed by atoms with E-state index in [1.54, 1.807) is 0 Å². The molecule has 19 heavy (non-hydrogen) atoms. The molecule has 0 spiro atoms. The van der Waals surface area contributed by atoms with Crippen molar-refractivity contribution in [1.29, 1.82) is 0 Å². The van der Waals surface area contributed by atoms with Gasteiger partial charge in [0.15, 0.2) is 0 Å². The van der Waals surface area contributed by atoms with E-state index in [4.69, 9.17) is 19.0 Å². The summed E-state index contributed by atoms with van der Waals surface area (Å²) in [5.74, 6) is 0. The molecule has 0 saturated heterocycles. The van der Waals surface area contributed by atoms with Crippen molar-refractivity contribution < 1.29 is 13.3 Å². The van der Waals surface area contributed by atoms with Gasteiger partial charge in [-0.05, 0) is 19.3 Å². The van der Waals surface area contributed by atoms with Crippen LogP contribution in [0.15, 0.2) is 0 Å². The van der Waals surface area contributed by atoms with E-state index >= 15 is 0 Å². The van der Waals surface area contributed by atoms with Gasteiger partial charge in [0.1, 0.15) is 6.23 Å². The topological polar surface area (TPSA) is 65.7 Å². The molecule has 1 unspecified atom stereocenters. The Labute approximate surface area is 119 Å². The third-order valence-electron chi connectivity index (χ3n) is 2.69. The van der Waals surface area contributed by atoms with Gasteiger partial charge in [-0.2, -0.15) is 0 Å². The molecule has 0 amide bonds. The maximum absolute atomic E-state index is 6.17. The molecule has 0 aromatic carbocycles. The standard InChI is InChI=1S/C13H32N2O3Si/c1-5-11-16-19(8-4,17-12-6-2)18-13(7-3)15-10-9-14/h13,15H,5-12,14H2,1-4H3. The molecule has 0 aliphatic heterocycles. The van der Waals surface area contributed by atoms with Gasteiger partial charge in [-0.3, -0.25) is 5.32 Å². The minimum absolute atomic E-state index is 0.0381. The zero-order chi connectivity index (χ0) is 14.6. The minimum Gasteiger partial charge on any atom is -0.373 e. The number of nitrogens with one attached hydrogen (secondary N) is 1. The van der Waals surface area contributed by atoms with E-state index in [1.807, 2.05) is 0 Å². The Morgan fingerprint density at radius 1 is 1.05 bits per heavy atom. The third-order valence-corrected chi connectivity index (χ3v) is 5.49. The zero-order valence-electron chi connectivity index (χ0n) is 13.0. The smallest absolute Gasteiger partial charge is 0.373 e. The van der Waals surface area contributed by atoms with Crippen LogP contribution >= 0.6 is 0 Å². The molecule has 0 saturated carbocycles. The van der Waals surface area contributed by atoms with Crippen LogP contribution in [-0.4, -0.2) is 41.3 Å². The van der Waals surface area contributed by atoms with Gasteiger partial charge in [0.25, 0.3) is 0 Å². The normalized spacial score (nSPS) is 13.7. The van der Waals surface area contributed by atoms with Crippen LogP contribution in [-0.2, 0) is 13.3 Å². The molecule has 6 heteroatoms. The molecule has 0 aromatic rings. The molecule has 0 fully saturated rings. The predicted molar refractivity (Wildman–Crippen MR) is 80.9 cm³/mol. The average Bonchev–Trinajstić information content (AvgIpc) is 2.46. The first-order chi connectivity index (χ1) is 9.17. The van der Waals surface area contributed by atoms with Gasteiger partial charge in [-0.25, -0.2) is 0 Å². The van der Waals surface area contributed by atoms with Crippen molar-refractivity contribution in [3.8, 4) is 0 Å². The number of hydrogen-bond acceptors (Lipinski definition) is 5. The Kier molecular flexibility index (Phi) is 11.8. The summed E-state index contributed by atoms with van der Waals surface area (Å²) in [5.41, 5.74) is 5.52. The van der Waals surface area contributed by atoms with E-state index in [-0.39, 0.29) is 6.23 Å². The molecule has 5 nitrogen and oxygen atoms in total. The largest absolute Gasteiger partial charge is 0.501 e. The van der Waals surface area contributed by atoms with E-state index in [0.717, 1.165) is 31.9 Å². The molecular formula is C13H32N2O3Si. The fourth-order valence-electron chi connectivity index (χ4n) is 1.64. The lowest BCUT2D eigenvalue weighted by Crippen LogP contribution is -2.52. The monoisotopic (exact) mass is 292 g/mol. The summed E-state index contributed by atoms with van der Waals surface area (Å²) >= 11 is 0. The molecule has 0 heterocycles. The van der Waals surface area contributed by atoms with E-state index in [0.29, 0.717) is 19.8 Å². The first kappa shape index (κ1) is 19.0. The maximum Gasteiger partial charge on any atom is 0.501 e. The van der Waals surface area contributed by atoms with Crippen molar-refractivity contribution in [3.63, 3.8) is 0 Å². The van der Waals surface area contributed by atoms with Crippen LogP contribution in [0.5, 0.6) is 0 Å². The lowest BCUT2D eigenvalue weighted by molar-refractivity contribution is 0.0143. The van der Waals surface area contributed by atoms with Gasteiger partial charge in [0.2, 0.25) is 0 Å². The number of nitrogens with two attached hydrogens (primary N) is 1. The second kappa shape index (κ2) is 11.8. The Morgan fingerprint density at radius 3 is 2.00 bits per heavy atom. The van der Waals surface area contributed by atoms with Crippen LogP contribution in [0.4, 0.5) is 0 Å². The first-order valence-corrected chi connectivity index (χ1v) is 9.50. The van der Waals surface area contributed by atoms with Crippen molar-refractivity contribution in [2.45, 2.75) is 59.2 Å². The predicted octanol–water partition coefficient (Wildman–Crippen LogP) is 2.10. The number of rotatable bonds is 13. The van der Waals surface area contributed by atoms with Gasteiger partial charge in [0.05, 0.1) is 0 Å². The molecule has 0 rings (SSSR count). The van der Waals surface area contributed by atoms with Crippen molar-refractivity contribution in [3.05, 3.63) is 0 Å². The Balaban J connectivity index is 4.57. The molecule has 0 bridgehead atoms. The lowest BCUT2D eigenvalue weighted by atomic mass is 10.4. The summed E-state index contributed by atoms with van der Waals surface area (Å²) in [5, 5.41) is 3.29. The van der Waals surface area contributed by atoms with Crippen molar-refractivity contribution in [1.82, 2.24) is 5.32 Å². The van der Waals surface area contributed by atoms with E-state index in [1.165, 1.54) is 0 Å². The van der Waals surface area contributed by atoms with Gasteiger partial charge < -0.3 is 19.0 Å². The summed E-state index contributed by atoms with van der Waals surface area (Å²) in [4.78, 5) is 0. The van der Waals surface area contributed by atoms with Crippen LogP contribution in [0.25, 0.3) is 0 Å². The highest BCUT2D eigenvalue weighted by Gasteiger charge is 2.41. The van der Waals surface area contributed by atoms with E-state index in [2.05, 4.69) is 33.0 Å². The molecule has 0 aliphatic carbocycles. The summed E-state index contributed by atoms with van der Waals surface area (Å²) in [7, 11) is -2.55. The van der Waals surface area contributed by atoms with Crippen LogP contribution in [0, 0.1) is 0 Å². The van der Waals surface area contributed by atoms with Gasteiger partial charge in [-0.1, -0.05) is 27.7 Å². The fourth-order valence-corrected chi connectivity index (χ4v) is 4.15. The van der Waals surface area contributed by atoms with Gasteiger partial charge >= 0.3 is 8.80 Å². The van der Waals surface area contributed by atoms with E-state index in [9.17, 15) is 0 Å². The molecule has 0 aliphatic rings. The number of hydrogen-bond donors (Lipinski definition) is 2. The SMILES string of the molecule is CCCO[Si](CC)(OCCC)OC(CC)NCCN. The summed E-state index contributed by atoms with van der Waals surface area (Å²) in [6.07, 6.45) is 2.78. The Bertz CT molecular complexity index is 200. The highest BCUT2D eigenvalue weighted by atomic mass is 28.4. The molecule has 3 N–H and O–H groups in total. The van der Waals surface area contributed by atoms with Gasteiger partial charge in [0, 0.05) is 32.3 Å². The van der Waals surface area contributed by atoms with Crippen molar-refractivity contribution in [2.24, 2.45) is 5.73 Å². The second-order valence-corrected chi connectivity index (χ2v) is 7.38. The molecule has 1 atom stereocenters. The van der Waals surface area contributed by atoms with Crippen molar-refractivity contribution in [2.75, 3.05) is 26.3 Å². The lowest BCUT2D eigenvalue weighted by Gasteiger charge is -2.32. The van der Waals surface area contributed by atoms with E-state index < -0.39 is 8.80 Å². The second-order valence-electron chi connectivity index (χ2n) is 4.49. The van der Waals surface area contributed by atoms with Gasteiger partial charge in [-0.15, -0.1) is 0 Å². The molecule has 116 valence electrons. The van der Waals surface area contributed by atoms with Crippen LogP contribution in [0.1, 0.15) is 47.0 Å². The Hall–Kier alpha value is 0.0169. The first-order valence-electron chi connectivity index (χ1n) is 7.57. The third kappa shape index (κ3) is 8.01. The average molecular weight is 292 g/mol.